The second-order valence-electron chi connectivity index (χ2n) is 6.97. The summed E-state index contributed by atoms with van der Waals surface area (Å²) in [5.41, 5.74) is 0. The first-order chi connectivity index (χ1) is 9.04. The zero-order valence-electron chi connectivity index (χ0n) is 12.9. The van der Waals surface area contributed by atoms with Gasteiger partial charge in [0.25, 0.3) is 0 Å². The molecule has 0 aromatic heterocycles. The van der Waals surface area contributed by atoms with E-state index >= 15 is 0 Å². The van der Waals surface area contributed by atoms with Crippen molar-refractivity contribution < 1.29 is 4.79 Å². The molecule has 0 N–H and O–H groups in total. The maximum absolute atomic E-state index is 11.3. The Morgan fingerprint density at radius 1 is 1.11 bits per heavy atom. The predicted molar refractivity (Wildman–Crippen MR) is 79.0 cm³/mol. The van der Waals surface area contributed by atoms with E-state index in [1.165, 1.54) is 38.6 Å². The van der Waals surface area contributed by atoms with Crippen molar-refractivity contribution in [3.05, 3.63) is 0 Å². The summed E-state index contributed by atoms with van der Waals surface area (Å²) in [6, 6.07) is 0. The average Bonchev–Trinajstić information content (AvgIpc) is 2.80. The van der Waals surface area contributed by atoms with Crippen molar-refractivity contribution in [3.8, 4) is 0 Å². The summed E-state index contributed by atoms with van der Waals surface area (Å²) in [5.74, 6) is 2.79. The van der Waals surface area contributed by atoms with Crippen molar-refractivity contribution in [2.24, 2.45) is 17.8 Å². The van der Waals surface area contributed by atoms with Crippen LogP contribution >= 0.6 is 0 Å². The van der Waals surface area contributed by atoms with Crippen LogP contribution in [0.3, 0.4) is 0 Å². The molecule has 1 atom stereocenters. The topological polar surface area (TPSA) is 23.6 Å². The van der Waals surface area contributed by atoms with Crippen LogP contribution in [0.25, 0.3) is 0 Å². The molecule has 0 spiro atoms. The number of amides is 1. The lowest BCUT2D eigenvalue weighted by atomic mass is 9.83. The van der Waals surface area contributed by atoms with Crippen LogP contribution in [0.1, 0.15) is 46.0 Å². The number of nitrogens with zero attached hydrogens (tertiary/aromatic N) is 2. The Morgan fingerprint density at radius 3 is 2.32 bits per heavy atom. The molecule has 0 unspecified atom stereocenters. The van der Waals surface area contributed by atoms with Gasteiger partial charge in [-0.05, 0) is 44.1 Å². The molecule has 1 aliphatic heterocycles. The molecule has 1 amide bonds. The van der Waals surface area contributed by atoms with Gasteiger partial charge < -0.3 is 9.80 Å². The average molecular weight is 266 g/mol. The highest BCUT2D eigenvalue weighted by Gasteiger charge is 2.26. The van der Waals surface area contributed by atoms with Crippen LogP contribution in [-0.4, -0.2) is 48.9 Å². The van der Waals surface area contributed by atoms with E-state index in [-0.39, 0.29) is 5.91 Å². The summed E-state index contributed by atoms with van der Waals surface area (Å²) in [7, 11) is 2.26. The van der Waals surface area contributed by atoms with Gasteiger partial charge >= 0.3 is 0 Å². The van der Waals surface area contributed by atoms with Crippen molar-refractivity contribution in [2.45, 2.75) is 46.0 Å². The molecule has 19 heavy (non-hydrogen) atoms. The van der Waals surface area contributed by atoms with Crippen molar-refractivity contribution >= 4 is 5.91 Å². The molecule has 0 bridgehead atoms. The molecule has 110 valence electrons. The third-order valence-electron chi connectivity index (χ3n) is 5.01. The van der Waals surface area contributed by atoms with E-state index in [2.05, 4.69) is 18.9 Å². The number of rotatable bonds is 4. The van der Waals surface area contributed by atoms with Crippen LogP contribution in [0.4, 0.5) is 0 Å². The van der Waals surface area contributed by atoms with Crippen LogP contribution in [0, 0.1) is 17.8 Å². The Morgan fingerprint density at radius 2 is 1.74 bits per heavy atom. The highest BCUT2D eigenvalue weighted by atomic mass is 16.2. The Hall–Kier alpha value is -0.570. The SMILES string of the molecule is CC(=O)N1CC[C@H](CN(C)CC2CCC(C)CC2)C1. The minimum Gasteiger partial charge on any atom is -0.343 e. The molecule has 0 aromatic rings. The summed E-state index contributed by atoms with van der Waals surface area (Å²) in [5, 5.41) is 0. The summed E-state index contributed by atoms with van der Waals surface area (Å²) in [4.78, 5) is 15.8. The monoisotopic (exact) mass is 266 g/mol. The summed E-state index contributed by atoms with van der Waals surface area (Å²) < 4.78 is 0. The molecule has 1 aliphatic carbocycles. The zero-order chi connectivity index (χ0) is 13.8. The van der Waals surface area contributed by atoms with E-state index < -0.39 is 0 Å². The molecular weight excluding hydrogens is 236 g/mol. The summed E-state index contributed by atoms with van der Waals surface area (Å²) in [6.45, 7) is 8.43. The largest absolute Gasteiger partial charge is 0.343 e. The van der Waals surface area contributed by atoms with Crippen LogP contribution in [0.5, 0.6) is 0 Å². The molecule has 2 rings (SSSR count). The Kier molecular flexibility index (Phi) is 5.26. The zero-order valence-corrected chi connectivity index (χ0v) is 12.9. The molecule has 2 aliphatic rings. The molecule has 3 heteroatoms. The molecule has 0 aromatic carbocycles. The fourth-order valence-corrected chi connectivity index (χ4v) is 3.74. The Bertz CT molecular complexity index is 297. The highest BCUT2D eigenvalue weighted by Crippen LogP contribution is 2.29. The van der Waals surface area contributed by atoms with E-state index in [0.29, 0.717) is 5.92 Å². The van der Waals surface area contributed by atoms with Gasteiger partial charge in [-0.15, -0.1) is 0 Å². The highest BCUT2D eigenvalue weighted by molar-refractivity contribution is 5.73. The second-order valence-corrected chi connectivity index (χ2v) is 6.97. The molecule has 1 saturated heterocycles. The smallest absolute Gasteiger partial charge is 0.219 e. The molecule has 1 saturated carbocycles. The lowest BCUT2D eigenvalue weighted by Gasteiger charge is -2.30. The van der Waals surface area contributed by atoms with Gasteiger partial charge in [-0.1, -0.05) is 19.8 Å². The van der Waals surface area contributed by atoms with Crippen LogP contribution in [-0.2, 0) is 4.79 Å². The van der Waals surface area contributed by atoms with E-state index in [1.54, 1.807) is 6.92 Å². The standard InChI is InChI=1S/C16H30N2O/c1-13-4-6-15(7-5-13)10-17(3)11-16-8-9-18(12-16)14(2)19/h13,15-16H,4-12H2,1-3H3/t13?,15?,16-/m1/s1. The maximum atomic E-state index is 11.3. The molecule has 1 heterocycles. The third-order valence-corrected chi connectivity index (χ3v) is 5.01. The first kappa shape index (κ1) is 14.8. The van der Waals surface area contributed by atoms with Gasteiger partial charge in [-0.3, -0.25) is 4.79 Å². The van der Waals surface area contributed by atoms with E-state index in [4.69, 9.17) is 0 Å². The van der Waals surface area contributed by atoms with Crippen molar-refractivity contribution in [1.29, 1.82) is 0 Å². The van der Waals surface area contributed by atoms with Gasteiger partial charge in [0.05, 0.1) is 0 Å². The van der Waals surface area contributed by atoms with Gasteiger partial charge in [-0.25, -0.2) is 0 Å². The molecule has 3 nitrogen and oxygen atoms in total. The maximum Gasteiger partial charge on any atom is 0.219 e. The lowest BCUT2D eigenvalue weighted by Crippen LogP contribution is -2.33. The normalized spacial score (nSPS) is 32.0. The fourth-order valence-electron chi connectivity index (χ4n) is 3.74. The second kappa shape index (κ2) is 6.74. The first-order valence-electron chi connectivity index (χ1n) is 7.98. The van der Waals surface area contributed by atoms with Gasteiger partial charge in [0, 0.05) is 33.1 Å². The van der Waals surface area contributed by atoms with Gasteiger partial charge in [0.1, 0.15) is 0 Å². The number of carbonyl (C=O) groups excluding carboxylic acids is 1. The molecule has 0 radical (unpaired) electrons. The minimum atomic E-state index is 0.242. The van der Waals surface area contributed by atoms with Gasteiger partial charge in [0.2, 0.25) is 5.91 Å². The molecule has 2 fully saturated rings. The number of carbonyl (C=O) groups is 1. The van der Waals surface area contributed by atoms with Crippen molar-refractivity contribution in [1.82, 2.24) is 9.80 Å². The number of likely N-dealkylation sites (tertiary alicyclic amines) is 1. The van der Waals surface area contributed by atoms with Gasteiger partial charge in [0.15, 0.2) is 0 Å². The Balaban J connectivity index is 1.67. The van der Waals surface area contributed by atoms with Crippen LogP contribution < -0.4 is 0 Å². The third kappa shape index (κ3) is 4.48. The number of hydrogen-bond donors (Lipinski definition) is 0. The molecular formula is C16H30N2O. The minimum absolute atomic E-state index is 0.242. The van der Waals surface area contributed by atoms with Gasteiger partial charge in [-0.2, -0.15) is 0 Å². The summed E-state index contributed by atoms with van der Waals surface area (Å²) >= 11 is 0. The Labute approximate surface area is 118 Å². The number of hydrogen-bond acceptors (Lipinski definition) is 2. The van der Waals surface area contributed by atoms with Crippen LogP contribution in [0.15, 0.2) is 0 Å². The van der Waals surface area contributed by atoms with E-state index in [0.717, 1.165) is 31.5 Å². The van der Waals surface area contributed by atoms with Crippen molar-refractivity contribution in [3.63, 3.8) is 0 Å². The lowest BCUT2D eigenvalue weighted by molar-refractivity contribution is -0.127. The van der Waals surface area contributed by atoms with Crippen molar-refractivity contribution in [2.75, 3.05) is 33.2 Å². The van der Waals surface area contributed by atoms with E-state index in [1.807, 2.05) is 4.90 Å². The summed E-state index contributed by atoms with van der Waals surface area (Å²) in [6.07, 6.45) is 6.84. The quantitative estimate of drug-likeness (QED) is 0.781. The van der Waals surface area contributed by atoms with E-state index in [9.17, 15) is 4.79 Å². The predicted octanol–water partition coefficient (Wildman–Crippen LogP) is 2.61. The fraction of sp³-hybridized carbons (Fsp3) is 0.938. The van der Waals surface area contributed by atoms with Crippen LogP contribution in [0.2, 0.25) is 0 Å². The first-order valence-corrected chi connectivity index (χ1v) is 7.98.